The van der Waals surface area contributed by atoms with Crippen molar-refractivity contribution in [1.82, 2.24) is 20.2 Å². The van der Waals surface area contributed by atoms with Gasteiger partial charge in [0.05, 0.1) is 16.4 Å². The molecular weight excluding hydrogens is 398 g/mol. The number of nitrogens with one attached hydrogen (secondary N) is 1. The van der Waals surface area contributed by atoms with Gasteiger partial charge in [-0.25, -0.2) is 9.97 Å². The Bertz CT molecular complexity index is 1070. The van der Waals surface area contributed by atoms with Gasteiger partial charge in [-0.3, -0.25) is 0 Å². The second-order valence-electron chi connectivity index (χ2n) is 5.89. The van der Waals surface area contributed by atoms with Crippen molar-refractivity contribution in [1.29, 1.82) is 0 Å². The molecule has 4 aromatic rings. The van der Waals surface area contributed by atoms with Crippen molar-refractivity contribution in [3.05, 3.63) is 51.6 Å². The SMILES string of the molecule is Cc1nc(C)c(-c2nnc(SCc3csc(Nc4ccccc4C)n3)o2)s1. The van der Waals surface area contributed by atoms with Gasteiger partial charge in [0.25, 0.3) is 11.1 Å². The lowest BCUT2D eigenvalue weighted by atomic mass is 10.2. The fourth-order valence-corrected chi connectivity index (χ4v) is 4.81. The molecule has 27 heavy (non-hydrogen) atoms. The fourth-order valence-electron chi connectivity index (χ4n) is 2.48. The number of thioether (sulfide) groups is 1. The van der Waals surface area contributed by atoms with Crippen LogP contribution in [0.4, 0.5) is 10.8 Å². The summed E-state index contributed by atoms with van der Waals surface area (Å²) < 4.78 is 5.77. The van der Waals surface area contributed by atoms with E-state index in [2.05, 4.69) is 38.5 Å². The third-order valence-corrected chi connectivity index (χ3v) is 6.51. The Morgan fingerprint density at radius 2 is 1.96 bits per heavy atom. The van der Waals surface area contributed by atoms with E-state index in [9.17, 15) is 0 Å². The maximum Gasteiger partial charge on any atom is 0.277 e. The molecule has 0 amide bonds. The van der Waals surface area contributed by atoms with Crippen LogP contribution in [0.1, 0.15) is 22.0 Å². The highest BCUT2D eigenvalue weighted by molar-refractivity contribution is 7.98. The number of para-hydroxylation sites is 1. The summed E-state index contributed by atoms with van der Waals surface area (Å²) in [4.78, 5) is 9.97. The largest absolute Gasteiger partial charge is 0.410 e. The molecule has 0 fully saturated rings. The zero-order valence-corrected chi connectivity index (χ0v) is 17.5. The van der Waals surface area contributed by atoms with Gasteiger partial charge in [-0.05, 0) is 32.4 Å². The molecule has 1 aromatic carbocycles. The van der Waals surface area contributed by atoms with Gasteiger partial charge in [0.1, 0.15) is 4.88 Å². The first-order valence-electron chi connectivity index (χ1n) is 8.26. The summed E-state index contributed by atoms with van der Waals surface area (Å²) in [5.41, 5.74) is 4.16. The Labute approximate surface area is 169 Å². The third-order valence-electron chi connectivity index (χ3n) is 3.79. The highest BCUT2D eigenvalue weighted by Crippen LogP contribution is 2.32. The lowest BCUT2D eigenvalue weighted by Gasteiger charge is -2.05. The second-order valence-corrected chi connectivity index (χ2v) is 8.88. The smallest absolute Gasteiger partial charge is 0.277 e. The van der Waals surface area contributed by atoms with Crippen LogP contribution in [-0.2, 0) is 5.75 Å². The number of aromatic nitrogens is 4. The van der Waals surface area contributed by atoms with E-state index in [1.54, 1.807) is 22.7 Å². The number of hydrogen-bond acceptors (Lipinski definition) is 9. The number of benzene rings is 1. The van der Waals surface area contributed by atoms with Gasteiger partial charge in [0.15, 0.2) is 5.13 Å². The number of nitrogens with zero attached hydrogens (tertiary/aromatic N) is 4. The average Bonchev–Trinajstić information content (AvgIpc) is 3.35. The Morgan fingerprint density at radius 1 is 1.11 bits per heavy atom. The summed E-state index contributed by atoms with van der Waals surface area (Å²) >= 11 is 4.64. The molecule has 3 heterocycles. The zero-order valence-electron chi connectivity index (χ0n) is 15.0. The van der Waals surface area contributed by atoms with E-state index in [-0.39, 0.29) is 0 Å². The molecule has 0 spiro atoms. The predicted octanol–water partition coefficient (Wildman–Crippen LogP) is 5.61. The topological polar surface area (TPSA) is 76.7 Å². The van der Waals surface area contributed by atoms with E-state index >= 15 is 0 Å². The fraction of sp³-hybridized carbons (Fsp3) is 0.222. The van der Waals surface area contributed by atoms with Crippen LogP contribution >= 0.6 is 34.4 Å². The van der Waals surface area contributed by atoms with Crippen molar-refractivity contribution in [2.45, 2.75) is 31.7 Å². The lowest BCUT2D eigenvalue weighted by Crippen LogP contribution is -1.92. The first kappa shape index (κ1) is 18.1. The molecule has 1 N–H and O–H groups in total. The van der Waals surface area contributed by atoms with Gasteiger partial charge in [-0.1, -0.05) is 30.0 Å². The van der Waals surface area contributed by atoms with Crippen molar-refractivity contribution in [2.24, 2.45) is 0 Å². The van der Waals surface area contributed by atoms with Crippen molar-refractivity contribution in [3.63, 3.8) is 0 Å². The van der Waals surface area contributed by atoms with E-state index in [0.717, 1.165) is 32.1 Å². The first-order chi connectivity index (χ1) is 13.1. The normalized spacial score (nSPS) is 11.1. The molecule has 0 saturated heterocycles. The molecule has 9 heteroatoms. The van der Waals surface area contributed by atoms with Crippen LogP contribution in [0.25, 0.3) is 10.8 Å². The maximum atomic E-state index is 5.77. The molecule has 0 radical (unpaired) electrons. The Balaban J connectivity index is 1.39. The minimum atomic E-state index is 0.529. The average molecular weight is 416 g/mol. The van der Waals surface area contributed by atoms with Crippen LogP contribution in [0.2, 0.25) is 0 Å². The van der Waals surface area contributed by atoms with E-state index in [1.807, 2.05) is 37.4 Å². The Morgan fingerprint density at radius 3 is 2.74 bits per heavy atom. The zero-order chi connectivity index (χ0) is 18.8. The molecule has 3 aromatic heterocycles. The van der Waals surface area contributed by atoms with Crippen molar-refractivity contribution >= 4 is 45.3 Å². The van der Waals surface area contributed by atoms with Crippen molar-refractivity contribution in [3.8, 4) is 10.8 Å². The third kappa shape index (κ3) is 4.20. The van der Waals surface area contributed by atoms with Crippen LogP contribution in [0.3, 0.4) is 0 Å². The summed E-state index contributed by atoms with van der Waals surface area (Å²) in [6, 6.07) is 8.16. The molecule has 0 aliphatic rings. The van der Waals surface area contributed by atoms with Gasteiger partial charge in [-0.15, -0.1) is 32.9 Å². The lowest BCUT2D eigenvalue weighted by molar-refractivity contribution is 0.466. The van der Waals surface area contributed by atoms with Crippen molar-refractivity contribution < 1.29 is 4.42 Å². The highest BCUT2D eigenvalue weighted by atomic mass is 32.2. The number of thiazole rings is 2. The molecule has 0 aliphatic carbocycles. The first-order valence-corrected chi connectivity index (χ1v) is 10.9. The summed E-state index contributed by atoms with van der Waals surface area (Å²) in [6.45, 7) is 6.00. The predicted molar refractivity (Wildman–Crippen MR) is 111 cm³/mol. The second kappa shape index (κ2) is 7.79. The molecule has 6 nitrogen and oxygen atoms in total. The summed E-state index contributed by atoms with van der Waals surface area (Å²) in [6.07, 6.45) is 0. The van der Waals surface area contributed by atoms with Gasteiger partial charge < -0.3 is 9.73 Å². The van der Waals surface area contributed by atoms with E-state index < -0.39 is 0 Å². The van der Waals surface area contributed by atoms with Crippen LogP contribution in [0, 0.1) is 20.8 Å². The minimum Gasteiger partial charge on any atom is -0.410 e. The maximum absolute atomic E-state index is 5.77. The quantitative estimate of drug-likeness (QED) is 0.410. The van der Waals surface area contributed by atoms with Crippen molar-refractivity contribution in [2.75, 3.05) is 5.32 Å². The van der Waals surface area contributed by atoms with E-state index in [4.69, 9.17) is 4.42 Å². The van der Waals surface area contributed by atoms with Crippen LogP contribution in [-0.4, -0.2) is 20.2 Å². The standard InChI is InChI=1S/C18H17N5OS3/c1-10-6-4-5-7-14(10)21-17-20-13(8-25-17)9-26-18-23-22-16(24-18)15-11(2)19-12(3)27-15/h4-8H,9H2,1-3H3,(H,20,21). The molecule has 4 rings (SSSR count). The Kier molecular flexibility index (Phi) is 5.24. The number of rotatable bonds is 6. The van der Waals surface area contributed by atoms with Gasteiger partial charge in [0, 0.05) is 16.8 Å². The van der Waals surface area contributed by atoms with Crippen LogP contribution in [0.15, 0.2) is 39.3 Å². The number of anilines is 2. The summed E-state index contributed by atoms with van der Waals surface area (Å²) in [5, 5.41) is 16.1. The summed E-state index contributed by atoms with van der Waals surface area (Å²) in [5.74, 6) is 1.20. The molecular formula is C18H17N5OS3. The molecule has 0 unspecified atom stereocenters. The molecule has 0 saturated carbocycles. The monoisotopic (exact) mass is 415 g/mol. The molecule has 138 valence electrons. The van der Waals surface area contributed by atoms with E-state index in [0.29, 0.717) is 16.9 Å². The number of aryl methyl sites for hydroxylation is 3. The van der Waals surface area contributed by atoms with Gasteiger partial charge >= 0.3 is 0 Å². The summed E-state index contributed by atoms with van der Waals surface area (Å²) in [7, 11) is 0. The molecule has 0 aliphatic heterocycles. The van der Waals surface area contributed by atoms with Gasteiger partial charge in [-0.2, -0.15) is 0 Å². The number of hydrogen-bond donors (Lipinski definition) is 1. The van der Waals surface area contributed by atoms with Gasteiger partial charge in [0.2, 0.25) is 0 Å². The molecule has 0 atom stereocenters. The Hall–Kier alpha value is -2.23. The van der Waals surface area contributed by atoms with E-state index in [1.165, 1.54) is 17.3 Å². The van der Waals surface area contributed by atoms with Crippen LogP contribution < -0.4 is 5.32 Å². The minimum absolute atomic E-state index is 0.529. The highest BCUT2D eigenvalue weighted by Gasteiger charge is 2.15. The van der Waals surface area contributed by atoms with Crippen LogP contribution in [0.5, 0.6) is 0 Å². The molecule has 0 bridgehead atoms.